The van der Waals surface area contributed by atoms with Gasteiger partial charge in [0.15, 0.2) is 11.5 Å². The van der Waals surface area contributed by atoms with Crippen molar-refractivity contribution in [3.05, 3.63) is 127 Å². The van der Waals surface area contributed by atoms with Gasteiger partial charge in [0.1, 0.15) is 5.82 Å². The van der Waals surface area contributed by atoms with Gasteiger partial charge >= 0.3 is 0 Å². The van der Waals surface area contributed by atoms with E-state index in [4.69, 9.17) is 16.3 Å². The number of ether oxygens (including phenoxy) is 1. The number of allylic oxidation sites excluding steroid dienone is 2. The number of rotatable bonds is 6. The molecule has 3 fully saturated rings. The number of amides is 4. The van der Waals surface area contributed by atoms with Crippen LogP contribution in [0.2, 0.25) is 5.02 Å². The van der Waals surface area contributed by atoms with E-state index in [9.17, 15) is 23.9 Å². The normalized spacial score (nSPS) is 26.6. The number of hydrogen-bond acceptors (Lipinski definition) is 7. The van der Waals surface area contributed by atoms with Crippen molar-refractivity contribution in [3.63, 3.8) is 0 Å². The molecular formula is C39H29BrClFIN3O6. The van der Waals surface area contributed by atoms with E-state index < -0.39 is 52.6 Å². The number of benzene rings is 4. The quantitative estimate of drug-likeness (QED) is 0.116. The van der Waals surface area contributed by atoms with Crippen LogP contribution in [0.1, 0.15) is 29.9 Å². The molecule has 52 heavy (non-hydrogen) atoms. The van der Waals surface area contributed by atoms with Crippen LogP contribution >= 0.6 is 50.1 Å². The molecule has 9 nitrogen and oxygen atoms in total. The maximum absolute atomic E-state index is 15.3. The van der Waals surface area contributed by atoms with E-state index >= 15 is 4.79 Å². The van der Waals surface area contributed by atoms with Crippen molar-refractivity contribution in [2.45, 2.75) is 24.2 Å². The van der Waals surface area contributed by atoms with Crippen LogP contribution in [0.25, 0.3) is 0 Å². The number of phenolic OH excluding ortho intramolecular Hbond substituents is 1. The van der Waals surface area contributed by atoms with E-state index in [1.54, 1.807) is 48.5 Å². The Morgan fingerprint density at radius 2 is 1.63 bits per heavy atom. The topological polar surface area (TPSA) is 116 Å². The summed E-state index contributed by atoms with van der Waals surface area (Å²) in [5.41, 5.74) is 3.97. The van der Waals surface area contributed by atoms with Gasteiger partial charge in [0.25, 0.3) is 11.8 Å². The van der Waals surface area contributed by atoms with E-state index in [1.165, 1.54) is 36.3 Å². The number of nitrogens with zero attached hydrogens (tertiary/aromatic N) is 2. The van der Waals surface area contributed by atoms with E-state index in [2.05, 4.69) is 43.9 Å². The van der Waals surface area contributed by atoms with Crippen molar-refractivity contribution in [1.82, 2.24) is 5.01 Å². The summed E-state index contributed by atoms with van der Waals surface area (Å²) in [6, 6.07) is 22.6. The Hall–Kier alpha value is -4.27. The first-order valence-corrected chi connectivity index (χ1v) is 18.8. The third-order valence-corrected chi connectivity index (χ3v) is 12.5. The Bertz CT molecular complexity index is 2200. The van der Waals surface area contributed by atoms with Crippen LogP contribution in [0.5, 0.6) is 11.5 Å². The van der Waals surface area contributed by atoms with Gasteiger partial charge in [0.05, 0.1) is 46.1 Å². The number of nitrogens with one attached hydrogen (secondary N) is 1. The molecule has 2 aliphatic heterocycles. The number of anilines is 2. The molecule has 2 aliphatic carbocycles. The van der Waals surface area contributed by atoms with Crippen molar-refractivity contribution in [2.24, 2.45) is 23.7 Å². The van der Waals surface area contributed by atoms with Crippen molar-refractivity contribution < 1.29 is 33.4 Å². The molecule has 2 saturated heterocycles. The monoisotopic (exact) mass is 895 g/mol. The van der Waals surface area contributed by atoms with Gasteiger partial charge in [-0.25, -0.2) is 4.39 Å². The molecule has 264 valence electrons. The Labute approximate surface area is 325 Å². The zero-order valence-electron chi connectivity index (χ0n) is 27.4. The molecule has 13 heteroatoms. The molecule has 0 bridgehead atoms. The minimum Gasteiger partial charge on any atom is -0.503 e. The van der Waals surface area contributed by atoms with Crippen molar-refractivity contribution in [2.75, 3.05) is 17.4 Å². The molecule has 0 aromatic heterocycles. The highest BCUT2D eigenvalue weighted by Gasteiger charge is 2.70. The summed E-state index contributed by atoms with van der Waals surface area (Å²) < 4.78 is 20.7. The van der Waals surface area contributed by atoms with Gasteiger partial charge in [-0.1, -0.05) is 35.4 Å². The van der Waals surface area contributed by atoms with Crippen molar-refractivity contribution in [1.29, 1.82) is 0 Å². The maximum Gasteiger partial charge on any atom is 0.260 e. The number of hydrazine groups is 1. The van der Waals surface area contributed by atoms with E-state index in [1.807, 2.05) is 18.2 Å². The number of methoxy groups -OCH3 is 1. The van der Waals surface area contributed by atoms with E-state index in [0.29, 0.717) is 32.0 Å². The van der Waals surface area contributed by atoms with Crippen LogP contribution in [0, 0.1) is 33.1 Å². The molecule has 4 aromatic rings. The second-order valence-electron chi connectivity index (χ2n) is 13.4. The van der Waals surface area contributed by atoms with E-state index in [-0.39, 0.29) is 36.2 Å². The van der Waals surface area contributed by atoms with Crippen LogP contribution in [0.15, 0.2) is 101 Å². The van der Waals surface area contributed by atoms with Gasteiger partial charge in [-0.3, -0.25) is 29.5 Å². The van der Waals surface area contributed by atoms with Gasteiger partial charge in [-0.15, -0.1) is 0 Å². The number of aromatic hydroxyl groups is 1. The average Bonchev–Trinajstić information content (AvgIpc) is 3.51. The second kappa shape index (κ2) is 13.0. The largest absolute Gasteiger partial charge is 0.503 e. The fourth-order valence-corrected chi connectivity index (χ4v) is 9.74. The molecule has 2 N–H and O–H groups in total. The predicted octanol–water partition coefficient (Wildman–Crippen LogP) is 7.75. The summed E-state index contributed by atoms with van der Waals surface area (Å²) >= 11 is 12.0. The first-order valence-electron chi connectivity index (χ1n) is 16.5. The Balaban J connectivity index is 1.35. The van der Waals surface area contributed by atoms with Gasteiger partial charge < -0.3 is 9.84 Å². The summed E-state index contributed by atoms with van der Waals surface area (Å²) in [6.45, 7) is 0. The number of halogens is 4. The van der Waals surface area contributed by atoms with Crippen LogP contribution in [0.4, 0.5) is 15.8 Å². The Morgan fingerprint density at radius 1 is 0.942 bits per heavy atom. The smallest absolute Gasteiger partial charge is 0.260 e. The summed E-state index contributed by atoms with van der Waals surface area (Å²) in [7, 11) is 1.41. The van der Waals surface area contributed by atoms with Gasteiger partial charge in [-0.05, 0) is 141 Å². The minimum atomic E-state index is -1.58. The molecule has 2 heterocycles. The van der Waals surface area contributed by atoms with Crippen LogP contribution in [-0.2, 0) is 24.6 Å². The van der Waals surface area contributed by atoms with Crippen LogP contribution < -0.4 is 15.1 Å². The highest BCUT2D eigenvalue weighted by atomic mass is 127. The number of hydrogen-bond donors (Lipinski definition) is 2. The molecular weight excluding hydrogens is 868 g/mol. The molecule has 0 spiro atoms. The molecule has 1 saturated carbocycles. The zero-order chi connectivity index (χ0) is 36.6. The highest BCUT2D eigenvalue weighted by Crippen LogP contribution is 2.64. The number of carbonyl (C=O) groups is 4. The van der Waals surface area contributed by atoms with Crippen LogP contribution in [-0.4, -0.2) is 40.9 Å². The first kappa shape index (κ1) is 34.8. The maximum atomic E-state index is 15.3. The fourth-order valence-electron chi connectivity index (χ4n) is 8.79. The summed E-state index contributed by atoms with van der Waals surface area (Å²) in [5, 5.41) is 12.3. The lowest BCUT2D eigenvalue weighted by atomic mass is 9.49. The molecule has 8 rings (SSSR count). The molecule has 4 aromatic carbocycles. The van der Waals surface area contributed by atoms with E-state index in [0.717, 1.165) is 14.2 Å². The predicted molar refractivity (Wildman–Crippen MR) is 203 cm³/mol. The lowest BCUT2D eigenvalue weighted by Crippen LogP contribution is -2.53. The molecule has 4 amide bonds. The van der Waals surface area contributed by atoms with Gasteiger partial charge in [0.2, 0.25) is 11.8 Å². The van der Waals surface area contributed by atoms with Gasteiger partial charge in [0, 0.05) is 14.5 Å². The summed E-state index contributed by atoms with van der Waals surface area (Å²) in [6.07, 6.45) is 2.29. The highest BCUT2D eigenvalue weighted by molar-refractivity contribution is 14.1. The average molecular weight is 897 g/mol. The number of phenols is 1. The zero-order valence-corrected chi connectivity index (χ0v) is 31.9. The number of imide groups is 2. The second-order valence-corrected chi connectivity index (χ2v) is 16.0. The SMILES string of the molecule is COc1cc(C2C3=CCC4C(=O)N(c5ccc(I)cc5)C(=O)C4C3CC3C(=O)N(Nc4ccc(F)cc4)C(=O)C32c2ccc(Cl)cc2)cc(Br)c1O. The summed E-state index contributed by atoms with van der Waals surface area (Å²) in [4.78, 5) is 59.8. The fraction of sp³-hybridized carbons (Fsp3) is 0.231. The molecule has 0 radical (unpaired) electrons. The van der Waals surface area contributed by atoms with Crippen molar-refractivity contribution in [3.8, 4) is 11.5 Å². The Morgan fingerprint density at radius 3 is 2.31 bits per heavy atom. The molecule has 4 aliphatic rings. The lowest BCUT2D eigenvalue weighted by Gasteiger charge is -2.50. The lowest BCUT2D eigenvalue weighted by molar-refractivity contribution is -0.138. The minimum absolute atomic E-state index is 0.0915. The standard InChI is InChI=1S/C39H29BrClFIN3O6/c1-52-31-17-19(16-30(40)34(31)47)33-26-14-15-27-32(37(50)45(35(27)48)25-12-8-23(43)9-13-25)28(26)18-29-36(49)46(44-24-10-6-22(42)7-11-24)38(51)39(29,33)20-2-4-21(41)5-3-20/h2-14,16-17,27-29,32-33,44,47H,15,18H2,1H3. The first-order chi connectivity index (χ1) is 24.9. The Kier molecular flexibility index (Phi) is 8.69. The van der Waals surface area contributed by atoms with Gasteiger partial charge in [-0.2, -0.15) is 5.01 Å². The molecule has 6 unspecified atom stereocenters. The molecule has 6 atom stereocenters. The third-order valence-electron chi connectivity index (χ3n) is 10.9. The van der Waals surface area contributed by atoms with Crippen LogP contribution in [0.3, 0.4) is 0 Å². The third kappa shape index (κ3) is 5.19. The van der Waals surface area contributed by atoms with Crippen molar-refractivity contribution >= 4 is 85.1 Å². The summed E-state index contributed by atoms with van der Waals surface area (Å²) in [5.74, 6) is -6.18. The number of fused-ring (bicyclic) bond motifs is 4. The number of carbonyl (C=O) groups excluding carboxylic acids is 4.